The molecule has 0 saturated heterocycles. The number of imidazole rings is 1. The zero-order valence-electron chi connectivity index (χ0n) is 5.18. The normalized spacial score (nSPS) is 9.64. The van der Waals surface area contributed by atoms with E-state index in [1.807, 2.05) is 6.07 Å². The Kier molecular flexibility index (Phi) is 2.61. The van der Waals surface area contributed by atoms with Crippen molar-refractivity contribution in [2.24, 2.45) is 0 Å². The minimum atomic E-state index is 0.0530. The third kappa shape index (κ3) is 1.59. The van der Waals surface area contributed by atoms with Gasteiger partial charge >= 0.3 is 0 Å². The number of nitrogens with zero attached hydrogens (tertiary/aromatic N) is 3. The van der Waals surface area contributed by atoms with E-state index in [1.165, 1.54) is 4.57 Å². The van der Waals surface area contributed by atoms with Crippen molar-refractivity contribution in [3.63, 3.8) is 0 Å². The first-order chi connectivity index (χ1) is 5.16. The van der Waals surface area contributed by atoms with Crippen LogP contribution in [0.25, 0.3) is 0 Å². The molecule has 0 radical (unpaired) electrons. The summed E-state index contributed by atoms with van der Waals surface area (Å²) in [6.45, 7) is 0.0530. The molecule has 0 aliphatic heterocycles. The predicted molar refractivity (Wildman–Crippen MR) is 42.9 cm³/mol. The second-order valence-electron chi connectivity index (χ2n) is 1.71. The number of rotatable bonds is 1. The standard InChI is InChI=1S/C5H2Cl3N3/c6-3-4(7)11(2-1-9)5(8)10-3/h2H2. The van der Waals surface area contributed by atoms with Crippen LogP contribution < -0.4 is 0 Å². The zero-order chi connectivity index (χ0) is 8.43. The summed E-state index contributed by atoms with van der Waals surface area (Å²) in [6.07, 6.45) is 0. The van der Waals surface area contributed by atoms with Gasteiger partial charge in [0.05, 0.1) is 6.07 Å². The van der Waals surface area contributed by atoms with E-state index in [-0.39, 0.29) is 22.1 Å². The molecule has 0 unspecified atom stereocenters. The molecule has 58 valence electrons. The molecule has 0 aliphatic rings. The number of halogens is 3. The zero-order valence-corrected chi connectivity index (χ0v) is 7.45. The van der Waals surface area contributed by atoms with Crippen molar-refractivity contribution in [2.45, 2.75) is 6.54 Å². The number of hydrogen-bond acceptors (Lipinski definition) is 2. The van der Waals surface area contributed by atoms with Gasteiger partial charge in [0.1, 0.15) is 11.7 Å². The first-order valence-electron chi connectivity index (χ1n) is 2.60. The summed E-state index contributed by atoms with van der Waals surface area (Å²) in [6, 6.07) is 1.87. The lowest BCUT2D eigenvalue weighted by Gasteiger charge is -1.95. The van der Waals surface area contributed by atoms with Crippen molar-refractivity contribution >= 4 is 34.8 Å². The molecule has 1 heterocycles. The van der Waals surface area contributed by atoms with Crippen molar-refractivity contribution < 1.29 is 0 Å². The van der Waals surface area contributed by atoms with Gasteiger partial charge in [-0.3, -0.25) is 4.57 Å². The second-order valence-corrected chi connectivity index (χ2v) is 2.76. The minimum Gasteiger partial charge on any atom is -0.290 e. The first kappa shape index (κ1) is 8.66. The fourth-order valence-corrected chi connectivity index (χ4v) is 1.26. The van der Waals surface area contributed by atoms with Crippen LogP contribution in [-0.2, 0) is 6.54 Å². The van der Waals surface area contributed by atoms with Gasteiger partial charge in [-0.25, -0.2) is 4.98 Å². The first-order valence-corrected chi connectivity index (χ1v) is 3.74. The predicted octanol–water partition coefficient (Wildman–Crippen LogP) is 2.37. The highest BCUT2D eigenvalue weighted by Crippen LogP contribution is 2.24. The molecule has 1 rings (SSSR count). The number of aromatic nitrogens is 2. The summed E-state index contributed by atoms with van der Waals surface area (Å²) >= 11 is 16.7. The van der Waals surface area contributed by atoms with Crippen molar-refractivity contribution in [3.05, 3.63) is 15.6 Å². The maximum absolute atomic E-state index is 8.32. The van der Waals surface area contributed by atoms with Crippen LogP contribution in [0, 0.1) is 11.3 Å². The van der Waals surface area contributed by atoms with Crippen molar-refractivity contribution in [2.75, 3.05) is 0 Å². The Bertz CT molecular complexity index is 312. The molecule has 0 aliphatic carbocycles. The van der Waals surface area contributed by atoms with E-state index in [0.717, 1.165) is 0 Å². The van der Waals surface area contributed by atoms with E-state index in [4.69, 9.17) is 40.1 Å². The molecule has 1 aromatic rings. The van der Waals surface area contributed by atoms with Gasteiger partial charge in [0.15, 0.2) is 5.15 Å². The molecule has 0 aromatic carbocycles. The third-order valence-corrected chi connectivity index (χ3v) is 2.08. The molecule has 0 saturated carbocycles. The van der Waals surface area contributed by atoms with Crippen molar-refractivity contribution in [3.8, 4) is 6.07 Å². The van der Waals surface area contributed by atoms with Crippen molar-refractivity contribution in [1.82, 2.24) is 9.55 Å². The number of hydrogen-bond donors (Lipinski definition) is 0. The van der Waals surface area contributed by atoms with Crippen LogP contribution in [0.1, 0.15) is 0 Å². The topological polar surface area (TPSA) is 41.6 Å². The monoisotopic (exact) mass is 209 g/mol. The Hall–Kier alpha value is -0.430. The second kappa shape index (κ2) is 3.31. The molecule has 0 spiro atoms. The third-order valence-electron chi connectivity index (χ3n) is 1.05. The summed E-state index contributed by atoms with van der Waals surface area (Å²) in [7, 11) is 0. The van der Waals surface area contributed by atoms with E-state index in [9.17, 15) is 0 Å². The van der Waals surface area contributed by atoms with Gasteiger partial charge in [0.2, 0.25) is 5.28 Å². The average molecular weight is 210 g/mol. The van der Waals surface area contributed by atoms with Crippen LogP contribution in [0.5, 0.6) is 0 Å². The SMILES string of the molecule is N#CCn1c(Cl)nc(Cl)c1Cl. The largest absolute Gasteiger partial charge is 0.290 e. The molecule has 0 atom stereocenters. The van der Waals surface area contributed by atoms with Gasteiger partial charge in [-0.15, -0.1) is 0 Å². The van der Waals surface area contributed by atoms with E-state index in [1.54, 1.807) is 0 Å². The Morgan fingerprint density at radius 2 is 2.09 bits per heavy atom. The van der Waals surface area contributed by atoms with E-state index >= 15 is 0 Å². The maximum Gasteiger partial charge on any atom is 0.206 e. The Morgan fingerprint density at radius 3 is 2.45 bits per heavy atom. The summed E-state index contributed by atoms with van der Waals surface area (Å²) in [5, 5.41) is 8.76. The smallest absolute Gasteiger partial charge is 0.206 e. The minimum absolute atomic E-state index is 0.0530. The van der Waals surface area contributed by atoms with Gasteiger partial charge in [0, 0.05) is 0 Å². The van der Waals surface area contributed by atoms with Crippen LogP contribution in [-0.4, -0.2) is 9.55 Å². The summed E-state index contributed by atoms with van der Waals surface area (Å²) in [5.74, 6) is 0. The van der Waals surface area contributed by atoms with Crippen LogP contribution >= 0.6 is 34.8 Å². The fraction of sp³-hybridized carbons (Fsp3) is 0.200. The van der Waals surface area contributed by atoms with Crippen LogP contribution in [0.3, 0.4) is 0 Å². The molecule has 0 bridgehead atoms. The Morgan fingerprint density at radius 1 is 1.45 bits per heavy atom. The van der Waals surface area contributed by atoms with Crippen LogP contribution in [0.4, 0.5) is 0 Å². The van der Waals surface area contributed by atoms with Crippen LogP contribution in [0.15, 0.2) is 0 Å². The lowest BCUT2D eigenvalue weighted by atomic mass is 10.7. The lowest BCUT2D eigenvalue weighted by molar-refractivity contribution is 0.832. The van der Waals surface area contributed by atoms with Crippen LogP contribution in [0.2, 0.25) is 15.6 Å². The van der Waals surface area contributed by atoms with E-state index in [2.05, 4.69) is 4.98 Å². The fourth-order valence-electron chi connectivity index (χ4n) is 0.585. The summed E-state index contributed by atoms with van der Waals surface area (Å²) in [4.78, 5) is 3.64. The Labute approximate surface area is 78.1 Å². The molecule has 0 fully saturated rings. The van der Waals surface area contributed by atoms with Crippen molar-refractivity contribution in [1.29, 1.82) is 5.26 Å². The molecule has 11 heavy (non-hydrogen) atoms. The molecule has 1 aromatic heterocycles. The van der Waals surface area contributed by atoms with Gasteiger partial charge in [-0.2, -0.15) is 5.26 Å². The summed E-state index contributed by atoms with van der Waals surface area (Å²) < 4.78 is 1.31. The van der Waals surface area contributed by atoms with Gasteiger partial charge < -0.3 is 0 Å². The molecular formula is C5H2Cl3N3. The van der Waals surface area contributed by atoms with Gasteiger partial charge in [0.25, 0.3) is 0 Å². The summed E-state index contributed by atoms with van der Waals surface area (Å²) in [5.41, 5.74) is 0. The van der Waals surface area contributed by atoms with Gasteiger partial charge in [-0.05, 0) is 11.6 Å². The molecular weight excluding hydrogens is 208 g/mol. The van der Waals surface area contributed by atoms with E-state index < -0.39 is 0 Å². The Balaban J connectivity index is 3.14. The maximum atomic E-state index is 8.32. The molecule has 3 nitrogen and oxygen atoms in total. The highest BCUT2D eigenvalue weighted by atomic mass is 35.5. The number of nitriles is 1. The van der Waals surface area contributed by atoms with Gasteiger partial charge in [-0.1, -0.05) is 23.2 Å². The highest BCUT2D eigenvalue weighted by Gasteiger charge is 2.10. The lowest BCUT2D eigenvalue weighted by Crippen LogP contribution is -1.94. The van der Waals surface area contributed by atoms with E-state index in [0.29, 0.717) is 0 Å². The molecule has 6 heteroatoms. The quantitative estimate of drug-likeness (QED) is 0.714. The molecule has 0 N–H and O–H groups in total. The average Bonchev–Trinajstić information content (AvgIpc) is 2.17. The molecule has 0 amide bonds. The highest BCUT2D eigenvalue weighted by molar-refractivity contribution is 6.41.